The van der Waals surface area contributed by atoms with Crippen molar-refractivity contribution in [2.75, 3.05) is 13.7 Å². The highest BCUT2D eigenvalue weighted by molar-refractivity contribution is 5.38. The number of hydroxylamine groups is 2. The van der Waals surface area contributed by atoms with Gasteiger partial charge < -0.3 is 9.84 Å². The Balaban J connectivity index is 1.75. The molecule has 0 bridgehead atoms. The van der Waals surface area contributed by atoms with Crippen molar-refractivity contribution < 1.29 is 14.7 Å². The second-order valence-corrected chi connectivity index (χ2v) is 7.81. The molecule has 4 heteroatoms. The summed E-state index contributed by atoms with van der Waals surface area (Å²) in [7, 11) is 1.73. The largest absolute Gasteiger partial charge is 0.493 e. The first-order valence-corrected chi connectivity index (χ1v) is 9.24. The molecule has 5 atom stereocenters. The second kappa shape index (κ2) is 5.82. The van der Waals surface area contributed by atoms with Crippen LogP contribution in [0.4, 0.5) is 0 Å². The van der Waals surface area contributed by atoms with Gasteiger partial charge in [-0.2, -0.15) is 0 Å². The van der Waals surface area contributed by atoms with E-state index in [-0.39, 0.29) is 17.6 Å². The zero-order valence-electron chi connectivity index (χ0n) is 14.3. The van der Waals surface area contributed by atoms with Gasteiger partial charge in [0, 0.05) is 18.5 Å². The molecule has 1 fully saturated rings. The number of hydrogen-bond acceptors (Lipinski definition) is 4. The van der Waals surface area contributed by atoms with Crippen LogP contribution in [0.15, 0.2) is 23.6 Å². The van der Waals surface area contributed by atoms with Crippen molar-refractivity contribution in [1.29, 1.82) is 0 Å². The molecule has 4 nitrogen and oxygen atoms in total. The minimum absolute atomic E-state index is 0.0471. The number of aliphatic hydroxyl groups is 1. The molecule has 128 valence electrons. The minimum atomic E-state index is -0.279. The lowest BCUT2D eigenvalue weighted by atomic mass is 9.60. The Labute approximate surface area is 139 Å². The zero-order valence-corrected chi connectivity index (χ0v) is 14.3. The number of ether oxygens (including phenoxy) is 1. The molecule has 23 heavy (non-hydrogen) atoms. The highest BCUT2D eigenvalue weighted by Crippen LogP contribution is 2.59. The summed E-state index contributed by atoms with van der Waals surface area (Å²) in [5, 5.41) is 12.2. The Morgan fingerprint density at radius 1 is 1.43 bits per heavy atom. The van der Waals surface area contributed by atoms with E-state index >= 15 is 0 Å². The molecule has 2 aliphatic heterocycles. The van der Waals surface area contributed by atoms with Gasteiger partial charge in [0.25, 0.3) is 0 Å². The highest BCUT2D eigenvalue weighted by Gasteiger charge is 2.56. The monoisotopic (exact) mass is 319 g/mol. The van der Waals surface area contributed by atoms with E-state index < -0.39 is 0 Å². The Hall–Kier alpha value is -1.00. The average molecular weight is 319 g/mol. The SMILES string of the molecule is CCCC1CC[C@@H]2OC3=C4[C@H](C[C@@H](O)C3)CN(OC)C=CC42C1. The molecular formula is C19H29NO3. The maximum atomic E-state index is 10.3. The van der Waals surface area contributed by atoms with Gasteiger partial charge in [-0.15, -0.1) is 0 Å². The molecule has 4 rings (SSSR count). The third-order valence-corrected chi connectivity index (χ3v) is 6.38. The fourth-order valence-electron chi connectivity index (χ4n) is 5.52. The smallest absolute Gasteiger partial charge is 0.111 e. The van der Waals surface area contributed by atoms with Gasteiger partial charge in [-0.05, 0) is 37.2 Å². The van der Waals surface area contributed by atoms with Gasteiger partial charge in [-0.25, -0.2) is 0 Å². The van der Waals surface area contributed by atoms with Gasteiger partial charge >= 0.3 is 0 Å². The van der Waals surface area contributed by atoms with Crippen LogP contribution in [-0.4, -0.2) is 36.0 Å². The van der Waals surface area contributed by atoms with Gasteiger partial charge in [0.1, 0.15) is 6.10 Å². The van der Waals surface area contributed by atoms with Gasteiger partial charge in [-0.3, -0.25) is 9.90 Å². The summed E-state index contributed by atoms with van der Waals surface area (Å²) in [6.07, 6.45) is 12.2. The van der Waals surface area contributed by atoms with E-state index in [4.69, 9.17) is 9.57 Å². The molecule has 0 aromatic carbocycles. The van der Waals surface area contributed by atoms with E-state index in [1.807, 2.05) is 5.06 Å². The molecule has 0 aromatic rings. The molecule has 2 unspecified atom stereocenters. The normalized spacial score (nSPS) is 42.1. The molecule has 0 amide bonds. The quantitative estimate of drug-likeness (QED) is 0.866. The second-order valence-electron chi connectivity index (χ2n) is 7.81. The lowest BCUT2D eigenvalue weighted by molar-refractivity contribution is -0.0967. The van der Waals surface area contributed by atoms with Gasteiger partial charge in [0.15, 0.2) is 0 Å². The van der Waals surface area contributed by atoms with E-state index in [2.05, 4.69) is 19.2 Å². The van der Waals surface area contributed by atoms with Gasteiger partial charge in [-0.1, -0.05) is 25.8 Å². The Bertz CT molecular complexity index is 529. The number of hydrogen-bond donors (Lipinski definition) is 1. The molecular weight excluding hydrogens is 290 g/mol. The molecule has 2 aliphatic carbocycles. The van der Waals surface area contributed by atoms with E-state index in [1.165, 1.54) is 31.3 Å². The Kier molecular flexibility index (Phi) is 3.93. The van der Waals surface area contributed by atoms with Crippen molar-refractivity contribution in [3.8, 4) is 0 Å². The fraction of sp³-hybridized carbons (Fsp3) is 0.789. The third-order valence-electron chi connectivity index (χ3n) is 6.38. The Morgan fingerprint density at radius 3 is 3.09 bits per heavy atom. The molecule has 4 aliphatic rings. The first-order valence-electron chi connectivity index (χ1n) is 9.24. The summed E-state index contributed by atoms with van der Waals surface area (Å²) < 4.78 is 6.40. The third kappa shape index (κ3) is 2.42. The summed E-state index contributed by atoms with van der Waals surface area (Å²) in [5.74, 6) is 2.23. The fourth-order valence-corrected chi connectivity index (χ4v) is 5.52. The maximum Gasteiger partial charge on any atom is 0.111 e. The molecule has 0 saturated heterocycles. The number of aliphatic hydroxyl groups excluding tert-OH is 1. The first-order chi connectivity index (χ1) is 11.2. The summed E-state index contributed by atoms with van der Waals surface area (Å²) in [5.41, 5.74) is 1.54. The van der Waals surface area contributed by atoms with Crippen LogP contribution in [0.1, 0.15) is 51.9 Å². The molecule has 1 saturated carbocycles. The van der Waals surface area contributed by atoms with Crippen LogP contribution in [0.25, 0.3) is 0 Å². The number of nitrogens with zero attached hydrogens (tertiary/aromatic N) is 1. The van der Waals surface area contributed by atoms with Crippen molar-refractivity contribution in [2.24, 2.45) is 17.3 Å². The molecule has 0 radical (unpaired) electrons. The van der Waals surface area contributed by atoms with Crippen LogP contribution in [0.2, 0.25) is 0 Å². The minimum Gasteiger partial charge on any atom is -0.493 e. The Morgan fingerprint density at radius 2 is 2.30 bits per heavy atom. The van der Waals surface area contributed by atoms with Crippen molar-refractivity contribution >= 4 is 0 Å². The topological polar surface area (TPSA) is 41.9 Å². The van der Waals surface area contributed by atoms with Crippen molar-refractivity contribution in [2.45, 2.75) is 64.1 Å². The van der Waals surface area contributed by atoms with Crippen molar-refractivity contribution in [3.63, 3.8) is 0 Å². The van der Waals surface area contributed by atoms with Crippen LogP contribution in [0, 0.1) is 17.3 Å². The lowest BCUT2D eigenvalue weighted by Gasteiger charge is -2.42. The summed E-state index contributed by atoms with van der Waals surface area (Å²) in [6.45, 7) is 3.11. The van der Waals surface area contributed by atoms with Crippen LogP contribution in [-0.2, 0) is 9.57 Å². The summed E-state index contributed by atoms with van der Waals surface area (Å²) in [6, 6.07) is 0. The van der Waals surface area contributed by atoms with E-state index in [0.717, 1.165) is 31.1 Å². The molecule has 0 aromatic heterocycles. The van der Waals surface area contributed by atoms with Crippen LogP contribution < -0.4 is 0 Å². The zero-order chi connectivity index (χ0) is 16.0. The average Bonchev–Trinajstić information content (AvgIpc) is 2.75. The van der Waals surface area contributed by atoms with Gasteiger partial charge in [0.05, 0.1) is 30.9 Å². The van der Waals surface area contributed by atoms with E-state index in [1.54, 1.807) is 7.11 Å². The van der Waals surface area contributed by atoms with Crippen LogP contribution in [0.5, 0.6) is 0 Å². The van der Waals surface area contributed by atoms with E-state index in [9.17, 15) is 5.11 Å². The highest BCUT2D eigenvalue weighted by atomic mass is 16.7. The predicted molar refractivity (Wildman–Crippen MR) is 88.2 cm³/mol. The molecule has 1 N–H and O–H groups in total. The lowest BCUT2D eigenvalue weighted by Crippen LogP contribution is -2.41. The van der Waals surface area contributed by atoms with Gasteiger partial charge in [0.2, 0.25) is 0 Å². The van der Waals surface area contributed by atoms with Crippen LogP contribution >= 0.6 is 0 Å². The standard InChI is InChI=1S/C19H29NO3/c1-3-4-13-5-6-17-19(11-13)7-8-20(22-2)12-14-9-15(21)10-16(23-17)18(14)19/h7-8,13-15,17,21H,3-6,9-12H2,1-2H3/t13?,14-,15-,17+,19?/m1/s1. The molecule has 1 spiro atoms. The van der Waals surface area contributed by atoms with Crippen molar-refractivity contribution in [1.82, 2.24) is 5.06 Å². The van der Waals surface area contributed by atoms with E-state index in [0.29, 0.717) is 12.3 Å². The first kappa shape index (κ1) is 15.5. The van der Waals surface area contributed by atoms with Crippen molar-refractivity contribution in [3.05, 3.63) is 23.6 Å². The summed E-state index contributed by atoms with van der Waals surface area (Å²) >= 11 is 0. The molecule has 2 heterocycles. The predicted octanol–water partition coefficient (Wildman–Crippen LogP) is 3.39. The van der Waals surface area contributed by atoms with Crippen LogP contribution in [0.3, 0.4) is 0 Å². The summed E-state index contributed by atoms with van der Waals surface area (Å²) in [4.78, 5) is 5.52. The number of rotatable bonds is 3. The maximum absolute atomic E-state index is 10.3.